The predicted molar refractivity (Wildman–Crippen MR) is 71.8 cm³/mol. The van der Waals surface area contributed by atoms with Gasteiger partial charge in [0.2, 0.25) is 0 Å². The fourth-order valence-electron chi connectivity index (χ4n) is 1.32. The summed E-state index contributed by atoms with van der Waals surface area (Å²) in [5.41, 5.74) is 2.01. The molecule has 2 nitrogen and oxygen atoms in total. The normalized spacial score (nSPS) is 9.47. The molecule has 4 heteroatoms. The molecule has 1 aromatic heterocycles. The van der Waals surface area contributed by atoms with Crippen LogP contribution in [0.5, 0.6) is 5.75 Å². The average molecular weight is 270 g/mol. The van der Waals surface area contributed by atoms with Crippen LogP contribution in [0.4, 0.5) is 0 Å². The summed E-state index contributed by atoms with van der Waals surface area (Å²) in [6, 6.07) is 13.5. The van der Waals surface area contributed by atoms with E-state index in [1.54, 1.807) is 6.20 Å². The number of rotatable bonds is 4. The first kappa shape index (κ1) is 13.8. The van der Waals surface area contributed by atoms with Crippen LogP contribution < -0.4 is 4.74 Å². The molecular formula is C13H13Cl2NO. The van der Waals surface area contributed by atoms with Gasteiger partial charge in [0.25, 0.3) is 0 Å². The fraction of sp³-hybridized carbons (Fsp3) is 0.154. The number of aromatic nitrogens is 1. The minimum Gasteiger partial charge on any atom is -0.487 e. The molecule has 0 amide bonds. The lowest BCUT2D eigenvalue weighted by Gasteiger charge is -2.05. The molecule has 0 saturated carbocycles. The molecule has 0 spiro atoms. The summed E-state index contributed by atoms with van der Waals surface area (Å²) in [7, 11) is 0. The molecule has 0 aliphatic rings. The van der Waals surface area contributed by atoms with Gasteiger partial charge in [0.05, 0.1) is 5.69 Å². The number of hydrogen-bond acceptors (Lipinski definition) is 2. The minimum absolute atomic E-state index is 0. The van der Waals surface area contributed by atoms with E-state index in [0.717, 1.165) is 17.0 Å². The maximum absolute atomic E-state index is 5.70. The standard InChI is InChI=1S/C13H12ClNO.ClH/c14-9-11-4-6-13(7-5-11)16-10-12-3-1-2-8-15-12;/h1-8H,9-10H2;1H. The van der Waals surface area contributed by atoms with E-state index in [9.17, 15) is 0 Å². The Hall–Kier alpha value is -1.25. The first-order valence-corrected chi connectivity index (χ1v) is 5.59. The van der Waals surface area contributed by atoms with Crippen LogP contribution in [0.1, 0.15) is 11.3 Å². The molecule has 2 rings (SSSR count). The number of pyridine rings is 1. The molecule has 0 unspecified atom stereocenters. The lowest BCUT2D eigenvalue weighted by Crippen LogP contribution is -1.97. The van der Waals surface area contributed by atoms with E-state index in [0.29, 0.717) is 12.5 Å². The molecule has 1 aromatic carbocycles. The van der Waals surface area contributed by atoms with Gasteiger partial charge in [-0.1, -0.05) is 18.2 Å². The fourth-order valence-corrected chi connectivity index (χ4v) is 1.49. The predicted octanol–water partition coefficient (Wildman–Crippen LogP) is 3.82. The van der Waals surface area contributed by atoms with Gasteiger partial charge in [0, 0.05) is 12.1 Å². The van der Waals surface area contributed by atoms with Crippen LogP contribution in [0, 0.1) is 0 Å². The summed E-state index contributed by atoms with van der Waals surface area (Å²) < 4.78 is 5.59. The zero-order chi connectivity index (χ0) is 11.2. The number of alkyl halides is 1. The van der Waals surface area contributed by atoms with Gasteiger partial charge < -0.3 is 4.74 Å². The van der Waals surface area contributed by atoms with E-state index < -0.39 is 0 Å². The number of halogens is 2. The Morgan fingerprint density at radius 3 is 2.41 bits per heavy atom. The maximum Gasteiger partial charge on any atom is 0.130 e. The first-order chi connectivity index (χ1) is 7.88. The van der Waals surface area contributed by atoms with Crippen molar-refractivity contribution in [3.05, 3.63) is 59.9 Å². The number of nitrogens with zero attached hydrogens (tertiary/aromatic N) is 1. The van der Waals surface area contributed by atoms with Crippen molar-refractivity contribution in [3.8, 4) is 5.75 Å². The van der Waals surface area contributed by atoms with Crippen molar-refractivity contribution in [2.45, 2.75) is 12.5 Å². The molecule has 0 radical (unpaired) electrons. The smallest absolute Gasteiger partial charge is 0.130 e. The zero-order valence-corrected chi connectivity index (χ0v) is 10.7. The van der Waals surface area contributed by atoms with E-state index in [1.807, 2.05) is 42.5 Å². The van der Waals surface area contributed by atoms with E-state index >= 15 is 0 Å². The number of hydrogen-bond donors (Lipinski definition) is 0. The largest absolute Gasteiger partial charge is 0.487 e. The summed E-state index contributed by atoms with van der Waals surface area (Å²) >= 11 is 5.70. The lowest BCUT2D eigenvalue weighted by atomic mass is 10.2. The molecule has 0 aliphatic heterocycles. The van der Waals surface area contributed by atoms with Gasteiger partial charge in [-0.3, -0.25) is 4.98 Å². The average Bonchev–Trinajstić information content (AvgIpc) is 2.38. The van der Waals surface area contributed by atoms with Crippen LogP contribution in [0.2, 0.25) is 0 Å². The highest BCUT2D eigenvalue weighted by molar-refractivity contribution is 6.17. The highest BCUT2D eigenvalue weighted by Crippen LogP contribution is 2.14. The Balaban J connectivity index is 0.00000144. The summed E-state index contributed by atoms with van der Waals surface area (Å²) in [5.74, 6) is 1.36. The molecule has 0 aliphatic carbocycles. The Labute approximate surface area is 112 Å². The molecule has 0 fully saturated rings. The second kappa shape index (κ2) is 7.15. The van der Waals surface area contributed by atoms with Crippen LogP contribution in [-0.2, 0) is 12.5 Å². The van der Waals surface area contributed by atoms with Gasteiger partial charge in [0.15, 0.2) is 0 Å². The SMILES string of the molecule is Cl.ClCc1ccc(OCc2ccccn2)cc1. The van der Waals surface area contributed by atoms with Crippen molar-refractivity contribution in [2.24, 2.45) is 0 Å². The van der Waals surface area contributed by atoms with Crippen LogP contribution >= 0.6 is 24.0 Å². The summed E-state index contributed by atoms with van der Waals surface area (Å²) in [6.07, 6.45) is 1.76. The van der Waals surface area contributed by atoms with Gasteiger partial charge in [-0.05, 0) is 29.8 Å². The molecule has 0 N–H and O–H groups in total. The van der Waals surface area contributed by atoms with Crippen LogP contribution in [-0.4, -0.2) is 4.98 Å². The van der Waals surface area contributed by atoms with Crippen LogP contribution in [0.25, 0.3) is 0 Å². The van der Waals surface area contributed by atoms with Gasteiger partial charge in [0.1, 0.15) is 12.4 Å². The maximum atomic E-state index is 5.70. The summed E-state index contributed by atoms with van der Waals surface area (Å²) in [4.78, 5) is 4.18. The second-order valence-electron chi connectivity index (χ2n) is 3.39. The van der Waals surface area contributed by atoms with Gasteiger partial charge in [-0.2, -0.15) is 0 Å². The van der Waals surface area contributed by atoms with Crippen molar-refractivity contribution >= 4 is 24.0 Å². The zero-order valence-electron chi connectivity index (χ0n) is 9.17. The minimum atomic E-state index is 0. The molecule has 0 atom stereocenters. The third kappa shape index (κ3) is 4.25. The van der Waals surface area contributed by atoms with E-state index in [1.165, 1.54) is 0 Å². The number of benzene rings is 1. The van der Waals surface area contributed by atoms with Crippen molar-refractivity contribution < 1.29 is 4.74 Å². The first-order valence-electron chi connectivity index (χ1n) is 5.06. The van der Waals surface area contributed by atoms with Crippen LogP contribution in [0.15, 0.2) is 48.7 Å². The Bertz CT molecular complexity index is 431. The lowest BCUT2D eigenvalue weighted by molar-refractivity contribution is 0.301. The number of ether oxygens (including phenoxy) is 1. The topological polar surface area (TPSA) is 22.1 Å². The van der Waals surface area contributed by atoms with Gasteiger partial charge in [-0.15, -0.1) is 24.0 Å². The molecule has 90 valence electrons. The highest BCUT2D eigenvalue weighted by Gasteiger charge is 1.96. The second-order valence-corrected chi connectivity index (χ2v) is 3.65. The monoisotopic (exact) mass is 269 g/mol. The van der Waals surface area contributed by atoms with Crippen LogP contribution in [0.3, 0.4) is 0 Å². The van der Waals surface area contributed by atoms with Crippen molar-refractivity contribution in [2.75, 3.05) is 0 Å². The molecule has 0 saturated heterocycles. The van der Waals surface area contributed by atoms with Gasteiger partial charge >= 0.3 is 0 Å². The Morgan fingerprint density at radius 2 is 1.82 bits per heavy atom. The highest BCUT2D eigenvalue weighted by atomic mass is 35.5. The summed E-state index contributed by atoms with van der Waals surface area (Å²) in [6.45, 7) is 0.487. The van der Waals surface area contributed by atoms with Crippen molar-refractivity contribution in [1.29, 1.82) is 0 Å². The molecule has 2 aromatic rings. The quantitative estimate of drug-likeness (QED) is 0.788. The third-order valence-electron chi connectivity index (χ3n) is 2.19. The van der Waals surface area contributed by atoms with Gasteiger partial charge in [-0.25, -0.2) is 0 Å². The molecule has 17 heavy (non-hydrogen) atoms. The summed E-state index contributed by atoms with van der Waals surface area (Å²) in [5, 5.41) is 0. The van der Waals surface area contributed by atoms with E-state index in [-0.39, 0.29) is 12.4 Å². The van der Waals surface area contributed by atoms with E-state index in [2.05, 4.69) is 4.98 Å². The Morgan fingerprint density at radius 1 is 1.06 bits per heavy atom. The van der Waals surface area contributed by atoms with E-state index in [4.69, 9.17) is 16.3 Å². The van der Waals surface area contributed by atoms with Crippen molar-refractivity contribution in [3.63, 3.8) is 0 Å². The molecular weight excluding hydrogens is 257 g/mol. The Kier molecular flexibility index (Phi) is 5.81. The third-order valence-corrected chi connectivity index (χ3v) is 2.50. The molecule has 1 heterocycles. The van der Waals surface area contributed by atoms with Crippen molar-refractivity contribution in [1.82, 2.24) is 4.98 Å². The molecule has 0 bridgehead atoms.